The molecule has 0 saturated carbocycles. The molecule has 1 aliphatic rings. The average Bonchev–Trinajstić information content (AvgIpc) is 2.14. The van der Waals surface area contributed by atoms with Gasteiger partial charge in [-0.25, -0.2) is 0 Å². The lowest BCUT2D eigenvalue weighted by atomic mass is 9.84. The number of nitrogens with zero attached hydrogens (tertiary/aromatic N) is 1. The minimum Gasteiger partial charge on any atom is -0.337 e. The highest BCUT2D eigenvalue weighted by molar-refractivity contribution is 14.1. The van der Waals surface area contributed by atoms with E-state index < -0.39 is 0 Å². The van der Waals surface area contributed by atoms with Crippen LogP contribution < -0.4 is 0 Å². The molecule has 80 valence electrons. The summed E-state index contributed by atoms with van der Waals surface area (Å²) in [6.45, 7) is 6.12. The van der Waals surface area contributed by atoms with E-state index in [2.05, 4.69) is 36.4 Å². The van der Waals surface area contributed by atoms with Gasteiger partial charge in [-0.1, -0.05) is 26.0 Å². The predicted molar refractivity (Wildman–Crippen MR) is 68.8 cm³/mol. The molecule has 0 aromatic heterocycles. The van der Waals surface area contributed by atoms with Crippen LogP contribution in [0.2, 0.25) is 0 Å². The van der Waals surface area contributed by atoms with E-state index in [0.717, 1.165) is 22.2 Å². The molecule has 0 atom stereocenters. The Labute approximate surface area is 104 Å². The van der Waals surface area contributed by atoms with Crippen LogP contribution in [0.1, 0.15) is 24.2 Å². The summed E-state index contributed by atoms with van der Waals surface area (Å²) in [5.74, 6) is 0.166. The summed E-state index contributed by atoms with van der Waals surface area (Å²) in [5, 5.41) is 0. The quantitative estimate of drug-likeness (QED) is 0.730. The molecule has 15 heavy (non-hydrogen) atoms. The van der Waals surface area contributed by atoms with Gasteiger partial charge in [0.2, 0.25) is 0 Å². The van der Waals surface area contributed by atoms with Gasteiger partial charge >= 0.3 is 0 Å². The van der Waals surface area contributed by atoms with E-state index in [1.54, 1.807) is 0 Å². The molecule has 0 aliphatic carbocycles. The molecular formula is C12H14INO. The van der Waals surface area contributed by atoms with Crippen molar-refractivity contribution in [3.05, 3.63) is 33.4 Å². The standard InChI is InChI=1S/C12H14INO/c1-12(2)7-14(8-12)11(15)9-5-3-4-6-10(9)13/h3-6H,7-8H2,1-2H3. The first-order valence-corrected chi connectivity index (χ1v) is 6.11. The Kier molecular flexibility index (Phi) is 2.75. The molecule has 0 bridgehead atoms. The Hall–Kier alpha value is -0.580. The van der Waals surface area contributed by atoms with Crippen LogP contribution in [0.5, 0.6) is 0 Å². The maximum atomic E-state index is 12.1. The second-order valence-corrected chi connectivity index (χ2v) is 5.97. The van der Waals surface area contributed by atoms with Crippen molar-refractivity contribution in [1.82, 2.24) is 4.90 Å². The summed E-state index contributed by atoms with van der Waals surface area (Å²) in [6.07, 6.45) is 0. The van der Waals surface area contributed by atoms with Crippen molar-refractivity contribution in [3.63, 3.8) is 0 Å². The summed E-state index contributed by atoms with van der Waals surface area (Å²) in [6, 6.07) is 7.74. The zero-order valence-corrected chi connectivity index (χ0v) is 11.1. The largest absolute Gasteiger partial charge is 0.337 e. The Morgan fingerprint density at radius 2 is 1.93 bits per heavy atom. The van der Waals surface area contributed by atoms with Crippen molar-refractivity contribution in [2.45, 2.75) is 13.8 Å². The second kappa shape index (κ2) is 3.77. The molecule has 1 heterocycles. The molecule has 3 heteroatoms. The Balaban J connectivity index is 2.14. The number of halogens is 1. The molecular weight excluding hydrogens is 301 g/mol. The number of hydrogen-bond donors (Lipinski definition) is 0. The lowest BCUT2D eigenvalue weighted by molar-refractivity contribution is 0.0235. The average molecular weight is 315 g/mol. The third-order valence-corrected chi connectivity index (χ3v) is 3.57. The second-order valence-electron chi connectivity index (χ2n) is 4.81. The van der Waals surface area contributed by atoms with Crippen molar-refractivity contribution >= 4 is 28.5 Å². The number of rotatable bonds is 1. The minimum absolute atomic E-state index is 0.166. The van der Waals surface area contributed by atoms with Gasteiger partial charge < -0.3 is 4.90 Å². The van der Waals surface area contributed by atoms with Gasteiger partial charge in [-0.05, 0) is 40.1 Å². The third-order valence-electron chi connectivity index (χ3n) is 2.63. The molecule has 1 fully saturated rings. The lowest BCUT2D eigenvalue weighted by Crippen LogP contribution is -2.55. The van der Waals surface area contributed by atoms with E-state index in [9.17, 15) is 4.79 Å². The van der Waals surface area contributed by atoms with Gasteiger partial charge in [-0.3, -0.25) is 4.79 Å². The minimum atomic E-state index is 0.166. The van der Waals surface area contributed by atoms with Crippen LogP contribution in [0.25, 0.3) is 0 Å². The fourth-order valence-electron chi connectivity index (χ4n) is 1.94. The van der Waals surface area contributed by atoms with Gasteiger partial charge in [0.25, 0.3) is 5.91 Å². The summed E-state index contributed by atoms with van der Waals surface area (Å²) < 4.78 is 1.03. The van der Waals surface area contributed by atoms with Crippen LogP contribution in [0.15, 0.2) is 24.3 Å². The van der Waals surface area contributed by atoms with Crippen LogP contribution in [0.4, 0.5) is 0 Å². The molecule has 1 aliphatic heterocycles. The number of benzene rings is 1. The SMILES string of the molecule is CC1(C)CN(C(=O)c2ccccc2I)C1. The first kappa shape index (κ1) is 10.9. The summed E-state index contributed by atoms with van der Waals surface area (Å²) in [4.78, 5) is 14.0. The monoisotopic (exact) mass is 315 g/mol. The smallest absolute Gasteiger partial charge is 0.254 e. The summed E-state index contributed by atoms with van der Waals surface area (Å²) >= 11 is 2.21. The van der Waals surface area contributed by atoms with Gasteiger partial charge in [-0.15, -0.1) is 0 Å². The van der Waals surface area contributed by atoms with E-state index >= 15 is 0 Å². The topological polar surface area (TPSA) is 20.3 Å². The molecule has 0 unspecified atom stereocenters. The zero-order chi connectivity index (χ0) is 11.1. The first-order valence-electron chi connectivity index (χ1n) is 5.03. The third kappa shape index (κ3) is 2.17. The maximum Gasteiger partial charge on any atom is 0.254 e. The highest BCUT2D eigenvalue weighted by Gasteiger charge is 2.37. The fourth-order valence-corrected chi connectivity index (χ4v) is 2.55. The number of carbonyl (C=O) groups excluding carboxylic acids is 1. The van der Waals surface area contributed by atoms with E-state index in [4.69, 9.17) is 0 Å². The number of amides is 1. The van der Waals surface area contributed by atoms with Crippen LogP contribution in [-0.4, -0.2) is 23.9 Å². The van der Waals surface area contributed by atoms with Gasteiger partial charge in [0.1, 0.15) is 0 Å². The molecule has 1 saturated heterocycles. The van der Waals surface area contributed by atoms with Crippen molar-refractivity contribution in [2.75, 3.05) is 13.1 Å². The highest BCUT2D eigenvalue weighted by Crippen LogP contribution is 2.30. The van der Waals surface area contributed by atoms with Crippen LogP contribution >= 0.6 is 22.6 Å². The van der Waals surface area contributed by atoms with Crippen molar-refractivity contribution in [2.24, 2.45) is 5.41 Å². The van der Waals surface area contributed by atoms with Gasteiger partial charge in [-0.2, -0.15) is 0 Å². The molecule has 0 radical (unpaired) electrons. The van der Waals surface area contributed by atoms with E-state index in [-0.39, 0.29) is 5.91 Å². The normalized spacial score (nSPS) is 18.5. The van der Waals surface area contributed by atoms with Crippen LogP contribution in [-0.2, 0) is 0 Å². The lowest BCUT2D eigenvalue weighted by Gasteiger charge is -2.45. The Morgan fingerprint density at radius 3 is 2.47 bits per heavy atom. The Morgan fingerprint density at radius 1 is 1.33 bits per heavy atom. The van der Waals surface area contributed by atoms with Gasteiger partial charge in [0.05, 0.1) is 5.56 Å². The maximum absolute atomic E-state index is 12.1. The number of hydrogen-bond acceptors (Lipinski definition) is 1. The number of likely N-dealkylation sites (tertiary alicyclic amines) is 1. The molecule has 0 spiro atoms. The van der Waals surface area contributed by atoms with E-state index in [1.165, 1.54) is 0 Å². The fraction of sp³-hybridized carbons (Fsp3) is 0.417. The molecule has 0 N–H and O–H groups in total. The first-order chi connectivity index (χ1) is 6.99. The van der Waals surface area contributed by atoms with E-state index in [0.29, 0.717) is 5.41 Å². The predicted octanol–water partition coefficient (Wildman–Crippen LogP) is 2.77. The molecule has 1 aromatic rings. The van der Waals surface area contributed by atoms with E-state index in [1.807, 2.05) is 29.2 Å². The highest BCUT2D eigenvalue weighted by atomic mass is 127. The van der Waals surface area contributed by atoms with Gasteiger partial charge in [0.15, 0.2) is 0 Å². The summed E-state index contributed by atoms with van der Waals surface area (Å²) in [7, 11) is 0. The molecule has 1 aromatic carbocycles. The Bertz CT molecular complexity index is 392. The van der Waals surface area contributed by atoms with Gasteiger partial charge in [0, 0.05) is 16.7 Å². The summed E-state index contributed by atoms with van der Waals surface area (Å²) in [5.41, 5.74) is 1.13. The zero-order valence-electron chi connectivity index (χ0n) is 8.96. The van der Waals surface area contributed by atoms with Crippen molar-refractivity contribution in [3.8, 4) is 0 Å². The molecule has 2 rings (SSSR count). The van der Waals surface area contributed by atoms with Crippen molar-refractivity contribution in [1.29, 1.82) is 0 Å². The molecule has 1 amide bonds. The van der Waals surface area contributed by atoms with Crippen LogP contribution in [0, 0.1) is 8.99 Å². The van der Waals surface area contributed by atoms with Crippen molar-refractivity contribution < 1.29 is 4.79 Å². The van der Waals surface area contributed by atoms with Crippen LogP contribution in [0.3, 0.4) is 0 Å². The molecule has 2 nitrogen and oxygen atoms in total. The number of carbonyl (C=O) groups is 1.